The van der Waals surface area contributed by atoms with Gasteiger partial charge < -0.3 is 4.57 Å². The Kier molecular flexibility index (Phi) is 5.41. The van der Waals surface area contributed by atoms with Crippen LogP contribution in [0.25, 0.3) is 11.2 Å². The number of aryl methyl sites for hydroxylation is 1. The average Bonchev–Trinajstić information content (AvgIpc) is 3.10. The van der Waals surface area contributed by atoms with Crippen LogP contribution < -0.4 is 11.2 Å². The number of likely N-dealkylation sites (tertiary alicyclic amines) is 1. The Morgan fingerprint density at radius 2 is 1.79 bits per heavy atom. The number of nitrogens with zero attached hydrogens (tertiary/aromatic N) is 5. The fourth-order valence-electron chi connectivity index (χ4n) is 4.46. The summed E-state index contributed by atoms with van der Waals surface area (Å²) in [5.41, 5.74) is 1.44. The molecule has 1 fully saturated rings. The molecule has 3 aromatic rings. The third kappa shape index (κ3) is 3.55. The molecule has 0 aliphatic carbocycles. The van der Waals surface area contributed by atoms with Crippen molar-refractivity contribution in [2.24, 2.45) is 14.1 Å². The quantitative estimate of drug-likeness (QED) is 0.665. The maximum Gasteiger partial charge on any atom is 0.332 e. The zero-order valence-electron chi connectivity index (χ0n) is 17.5. The van der Waals surface area contributed by atoms with E-state index in [2.05, 4.69) is 24.0 Å². The van der Waals surface area contributed by atoms with Crippen LogP contribution in [0, 0.1) is 0 Å². The molecule has 0 unspecified atom stereocenters. The number of fused-ring (bicyclic) bond motifs is 1. The third-order valence-electron chi connectivity index (χ3n) is 6.18. The highest BCUT2D eigenvalue weighted by atomic mass is 16.2. The molecule has 0 bridgehead atoms. The topological polar surface area (TPSA) is 65.1 Å². The van der Waals surface area contributed by atoms with E-state index in [-0.39, 0.29) is 11.2 Å². The van der Waals surface area contributed by atoms with E-state index in [9.17, 15) is 9.59 Å². The predicted molar refractivity (Wildman–Crippen MR) is 114 cm³/mol. The molecule has 0 radical (unpaired) electrons. The predicted octanol–water partition coefficient (Wildman–Crippen LogP) is 2.25. The monoisotopic (exact) mass is 395 g/mol. The largest absolute Gasteiger partial charge is 0.332 e. The van der Waals surface area contributed by atoms with E-state index in [1.165, 1.54) is 35.4 Å². The molecule has 4 rings (SSSR count). The molecule has 1 atom stereocenters. The van der Waals surface area contributed by atoms with E-state index in [0.717, 1.165) is 24.4 Å². The zero-order chi connectivity index (χ0) is 20.5. The van der Waals surface area contributed by atoms with E-state index in [4.69, 9.17) is 4.98 Å². The normalized spacial score (nSPS) is 17.8. The molecule has 154 valence electrons. The van der Waals surface area contributed by atoms with E-state index < -0.39 is 0 Å². The molecule has 1 aliphatic rings. The van der Waals surface area contributed by atoms with Gasteiger partial charge in [-0.2, -0.15) is 0 Å². The molecule has 0 N–H and O–H groups in total. The molecule has 1 aliphatic heterocycles. The van der Waals surface area contributed by atoms with Crippen molar-refractivity contribution in [3.8, 4) is 0 Å². The molecule has 0 spiro atoms. The van der Waals surface area contributed by atoms with Gasteiger partial charge in [-0.25, -0.2) is 9.78 Å². The van der Waals surface area contributed by atoms with Gasteiger partial charge in [-0.1, -0.05) is 43.7 Å². The van der Waals surface area contributed by atoms with E-state index >= 15 is 0 Å². The number of rotatable bonds is 5. The lowest BCUT2D eigenvalue weighted by atomic mass is 10.00. The zero-order valence-corrected chi connectivity index (χ0v) is 17.5. The second-order valence-electron chi connectivity index (χ2n) is 8.01. The van der Waals surface area contributed by atoms with Crippen LogP contribution in [0.4, 0.5) is 0 Å². The first kappa shape index (κ1) is 19.6. The van der Waals surface area contributed by atoms with Crippen LogP contribution >= 0.6 is 0 Å². The SMILES string of the molecule is CC[C@@H]1CCCCN1Cc1nc2c(c(=O)n(C)c(=O)n2C)n1Cc1ccccc1. The Morgan fingerprint density at radius 1 is 1.03 bits per heavy atom. The van der Waals surface area contributed by atoms with Crippen LogP contribution in [0.2, 0.25) is 0 Å². The molecule has 7 nitrogen and oxygen atoms in total. The van der Waals surface area contributed by atoms with Crippen LogP contribution in [0.15, 0.2) is 39.9 Å². The Labute approximate surface area is 170 Å². The summed E-state index contributed by atoms with van der Waals surface area (Å²) in [5.74, 6) is 0.850. The number of imidazole rings is 1. The van der Waals surface area contributed by atoms with Crippen LogP contribution in [-0.2, 0) is 27.2 Å². The number of benzene rings is 1. The van der Waals surface area contributed by atoms with Crippen LogP contribution in [0.1, 0.15) is 44.0 Å². The number of aromatic nitrogens is 4. The van der Waals surface area contributed by atoms with Gasteiger partial charge in [0.15, 0.2) is 11.2 Å². The lowest BCUT2D eigenvalue weighted by Gasteiger charge is -2.34. The summed E-state index contributed by atoms with van der Waals surface area (Å²) in [6.45, 7) is 4.53. The lowest BCUT2D eigenvalue weighted by Crippen LogP contribution is -2.39. The third-order valence-corrected chi connectivity index (χ3v) is 6.18. The second kappa shape index (κ2) is 7.99. The fourth-order valence-corrected chi connectivity index (χ4v) is 4.46. The number of piperidine rings is 1. The van der Waals surface area contributed by atoms with Crippen molar-refractivity contribution in [1.82, 2.24) is 23.6 Å². The molecule has 29 heavy (non-hydrogen) atoms. The van der Waals surface area contributed by atoms with Crippen LogP contribution in [-0.4, -0.2) is 36.2 Å². The van der Waals surface area contributed by atoms with Crippen molar-refractivity contribution in [3.05, 3.63) is 62.6 Å². The first-order valence-corrected chi connectivity index (χ1v) is 10.4. The Morgan fingerprint density at radius 3 is 2.52 bits per heavy atom. The van der Waals surface area contributed by atoms with Crippen molar-refractivity contribution < 1.29 is 0 Å². The summed E-state index contributed by atoms with van der Waals surface area (Å²) in [7, 11) is 3.21. The molecule has 2 aromatic heterocycles. The van der Waals surface area contributed by atoms with E-state index in [1.54, 1.807) is 7.05 Å². The first-order valence-electron chi connectivity index (χ1n) is 10.4. The van der Waals surface area contributed by atoms with Crippen molar-refractivity contribution in [2.45, 2.75) is 51.7 Å². The average molecular weight is 396 g/mol. The minimum absolute atomic E-state index is 0.288. The minimum Gasteiger partial charge on any atom is -0.317 e. The molecule has 0 saturated carbocycles. The van der Waals surface area contributed by atoms with Gasteiger partial charge in [0.1, 0.15) is 5.82 Å². The maximum absolute atomic E-state index is 13.0. The highest BCUT2D eigenvalue weighted by molar-refractivity contribution is 5.71. The minimum atomic E-state index is -0.345. The molecule has 0 amide bonds. The molecular weight excluding hydrogens is 366 g/mol. The summed E-state index contributed by atoms with van der Waals surface area (Å²) in [6.07, 6.45) is 4.77. The second-order valence-corrected chi connectivity index (χ2v) is 8.01. The first-order chi connectivity index (χ1) is 14.0. The lowest BCUT2D eigenvalue weighted by molar-refractivity contribution is 0.131. The molecule has 1 saturated heterocycles. The Balaban J connectivity index is 1.87. The van der Waals surface area contributed by atoms with Gasteiger partial charge in [-0.3, -0.25) is 18.8 Å². The smallest absolute Gasteiger partial charge is 0.317 e. The molecule has 1 aromatic carbocycles. The van der Waals surface area contributed by atoms with E-state index in [1.807, 2.05) is 22.8 Å². The molecule has 7 heteroatoms. The summed E-state index contributed by atoms with van der Waals surface area (Å²) in [4.78, 5) is 32.7. The highest BCUT2D eigenvalue weighted by Crippen LogP contribution is 2.23. The Hall–Kier alpha value is -2.67. The summed E-state index contributed by atoms with van der Waals surface area (Å²) >= 11 is 0. The van der Waals surface area contributed by atoms with Gasteiger partial charge in [0, 0.05) is 26.7 Å². The van der Waals surface area contributed by atoms with Crippen molar-refractivity contribution >= 4 is 11.2 Å². The fraction of sp³-hybridized carbons (Fsp3) is 0.500. The van der Waals surface area contributed by atoms with Crippen LogP contribution in [0.3, 0.4) is 0 Å². The van der Waals surface area contributed by atoms with Gasteiger partial charge in [0.2, 0.25) is 0 Å². The summed E-state index contributed by atoms with van der Waals surface area (Å²) < 4.78 is 4.66. The van der Waals surface area contributed by atoms with Crippen LogP contribution in [0.5, 0.6) is 0 Å². The number of hydrogen-bond acceptors (Lipinski definition) is 4. The standard InChI is InChI=1S/C22H29N5O2/c1-4-17-12-8-9-13-26(17)15-18-23-20-19(21(28)25(3)22(29)24(20)2)27(18)14-16-10-6-5-7-11-16/h5-7,10-11,17H,4,8-9,12-15H2,1-3H3/t17-/m1/s1. The van der Waals surface area contributed by atoms with Gasteiger partial charge in [-0.05, 0) is 31.4 Å². The van der Waals surface area contributed by atoms with Gasteiger partial charge in [0.25, 0.3) is 5.56 Å². The van der Waals surface area contributed by atoms with E-state index in [0.29, 0.717) is 30.3 Å². The Bertz CT molecular complexity index is 1130. The number of hydrogen-bond donors (Lipinski definition) is 0. The molecular formula is C22H29N5O2. The van der Waals surface area contributed by atoms with Crippen molar-refractivity contribution in [3.63, 3.8) is 0 Å². The highest BCUT2D eigenvalue weighted by Gasteiger charge is 2.25. The summed E-state index contributed by atoms with van der Waals surface area (Å²) in [6, 6.07) is 10.6. The van der Waals surface area contributed by atoms with Crippen molar-refractivity contribution in [1.29, 1.82) is 0 Å². The summed E-state index contributed by atoms with van der Waals surface area (Å²) in [5, 5.41) is 0. The maximum atomic E-state index is 13.0. The molecule has 3 heterocycles. The van der Waals surface area contributed by atoms with Gasteiger partial charge >= 0.3 is 5.69 Å². The van der Waals surface area contributed by atoms with Gasteiger partial charge in [-0.15, -0.1) is 0 Å². The van der Waals surface area contributed by atoms with Crippen molar-refractivity contribution in [2.75, 3.05) is 6.54 Å². The van der Waals surface area contributed by atoms with Gasteiger partial charge in [0.05, 0.1) is 6.54 Å².